The molecule has 1 aromatic carbocycles. The molecule has 1 heterocycles. The van der Waals surface area contributed by atoms with Crippen molar-refractivity contribution >= 4 is 6.09 Å². The van der Waals surface area contributed by atoms with Gasteiger partial charge in [0.1, 0.15) is 6.61 Å². The molecular weight excluding hydrogens is 264 g/mol. The quantitative estimate of drug-likeness (QED) is 0.912. The molecule has 0 saturated heterocycles. The van der Waals surface area contributed by atoms with Gasteiger partial charge in [-0.3, -0.25) is 4.98 Å². The molecule has 1 aromatic heterocycles. The number of nitrogens with zero attached hydrogens (tertiary/aromatic N) is 1. The summed E-state index contributed by atoms with van der Waals surface area (Å²) < 4.78 is 5.15. The van der Waals surface area contributed by atoms with E-state index in [0.717, 1.165) is 11.3 Å². The van der Waals surface area contributed by atoms with Crippen molar-refractivity contribution in [3.63, 3.8) is 0 Å². The molecule has 0 saturated carbocycles. The molecule has 0 aliphatic heterocycles. The largest absolute Gasteiger partial charge is 0.445 e. The highest BCUT2D eigenvalue weighted by Crippen LogP contribution is 2.13. The van der Waals surface area contributed by atoms with Crippen LogP contribution in [-0.2, 0) is 17.9 Å². The Balaban J connectivity index is 1.80. The van der Waals surface area contributed by atoms with Gasteiger partial charge in [0.15, 0.2) is 0 Å². The minimum atomic E-state index is -0.435. The van der Waals surface area contributed by atoms with Crippen LogP contribution in [-0.4, -0.2) is 11.1 Å². The summed E-state index contributed by atoms with van der Waals surface area (Å²) in [7, 11) is 0. The Morgan fingerprint density at radius 2 is 2.00 bits per heavy atom. The van der Waals surface area contributed by atoms with Crippen molar-refractivity contribution in [2.45, 2.75) is 32.9 Å². The number of hydrogen-bond donors (Lipinski definition) is 1. The molecule has 0 spiro atoms. The van der Waals surface area contributed by atoms with E-state index in [-0.39, 0.29) is 6.61 Å². The standard InChI is InChI=1S/C17H20N2O2/c1-13(2)15-8-9-18-16(10-15)11-19-17(20)21-12-14-6-4-3-5-7-14/h3-10,13H,11-12H2,1-2H3,(H,19,20). The lowest BCUT2D eigenvalue weighted by Crippen LogP contribution is -2.24. The number of rotatable bonds is 5. The zero-order valence-corrected chi connectivity index (χ0v) is 12.4. The Hall–Kier alpha value is -2.36. The first-order valence-electron chi connectivity index (χ1n) is 7.04. The van der Waals surface area contributed by atoms with E-state index in [1.165, 1.54) is 5.56 Å². The van der Waals surface area contributed by atoms with Gasteiger partial charge in [-0.2, -0.15) is 0 Å². The van der Waals surface area contributed by atoms with Gasteiger partial charge in [-0.1, -0.05) is 44.2 Å². The van der Waals surface area contributed by atoms with Crippen LogP contribution < -0.4 is 5.32 Å². The lowest BCUT2D eigenvalue weighted by molar-refractivity contribution is 0.139. The minimum Gasteiger partial charge on any atom is -0.445 e. The molecule has 21 heavy (non-hydrogen) atoms. The third-order valence-corrected chi connectivity index (χ3v) is 3.13. The van der Waals surface area contributed by atoms with E-state index in [1.54, 1.807) is 6.20 Å². The van der Waals surface area contributed by atoms with E-state index < -0.39 is 6.09 Å². The smallest absolute Gasteiger partial charge is 0.407 e. The van der Waals surface area contributed by atoms with Crippen LogP contribution in [0.5, 0.6) is 0 Å². The maximum absolute atomic E-state index is 11.6. The van der Waals surface area contributed by atoms with Crippen molar-refractivity contribution in [2.24, 2.45) is 0 Å². The normalized spacial score (nSPS) is 10.4. The van der Waals surface area contributed by atoms with Crippen molar-refractivity contribution in [3.8, 4) is 0 Å². The first kappa shape index (κ1) is 15.0. The summed E-state index contributed by atoms with van der Waals surface area (Å²) in [5, 5.41) is 2.71. The van der Waals surface area contributed by atoms with Crippen LogP contribution in [0, 0.1) is 0 Å². The Labute approximate surface area is 125 Å². The molecule has 0 unspecified atom stereocenters. The van der Waals surface area contributed by atoms with E-state index >= 15 is 0 Å². The maximum atomic E-state index is 11.6. The molecule has 1 N–H and O–H groups in total. The highest BCUT2D eigenvalue weighted by molar-refractivity contribution is 5.67. The number of amides is 1. The number of ether oxygens (including phenoxy) is 1. The summed E-state index contributed by atoms with van der Waals surface area (Å²) in [5.74, 6) is 0.441. The number of hydrogen-bond acceptors (Lipinski definition) is 3. The van der Waals surface area contributed by atoms with Gasteiger partial charge in [0.25, 0.3) is 0 Å². The number of alkyl carbamates (subject to hydrolysis) is 1. The van der Waals surface area contributed by atoms with Gasteiger partial charge in [0, 0.05) is 6.20 Å². The average molecular weight is 284 g/mol. The Bertz CT molecular complexity index is 582. The van der Waals surface area contributed by atoms with Crippen LogP contribution in [0.3, 0.4) is 0 Å². The Kier molecular flexibility index (Phi) is 5.32. The highest BCUT2D eigenvalue weighted by atomic mass is 16.5. The van der Waals surface area contributed by atoms with Crippen LogP contribution >= 0.6 is 0 Å². The van der Waals surface area contributed by atoms with E-state index in [9.17, 15) is 4.79 Å². The second-order valence-electron chi connectivity index (χ2n) is 5.15. The molecule has 2 aromatic rings. The van der Waals surface area contributed by atoms with E-state index in [2.05, 4.69) is 24.1 Å². The van der Waals surface area contributed by atoms with Gasteiger partial charge in [0.2, 0.25) is 0 Å². The number of pyridine rings is 1. The molecular formula is C17H20N2O2. The fourth-order valence-corrected chi connectivity index (χ4v) is 1.89. The summed E-state index contributed by atoms with van der Waals surface area (Å²) in [4.78, 5) is 15.9. The van der Waals surface area contributed by atoms with Crippen LogP contribution in [0.25, 0.3) is 0 Å². The lowest BCUT2D eigenvalue weighted by atomic mass is 10.0. The molecule has 0 aliphatic carbocycles. The fourth-order valence-electron chi connectivity index (χ4n) is 1.89. The summed E-state index contributed by atoms with van der Waals surface area (Å²) in [6.07, 6.45) is 1.33. The SMILES string of the molecule is CC(C)c1ccnc(CNC(=O)OCc2ccccc2)c1. The molecule has 0 fully saturated rings. The van der Waals surface area contributed by atoms with Crippen molar-refractivity contribution in [3.05, 3.63) is 65.5 Å². The lowest BCUT2D eigenvalue weighted by Gasteiger charge is -2.09. The van der Waals surface area contributed by atoms with Crippen molar-refractivity contribution in [1.29, 1.82) is 0 Å². The summed E-state index contributed by atoms with van der Waals surface area (Å²) in [6.45, 7) is 4.89. The minimum absolute atomic E-state index is 0.270. The van der Waals surface area contributed by atoms with Crippen molar-refractivity contribution in [2.75, 3.05) is 0 Å². The van der Waals surface area contributed by atoms with Crippen molar-refractivity contribution < 1.29 is 9.53 Å². The number of benzene rings is 1. The van der Waals surface area contributed by atoms with Crippen LogP contribution in [0.2, 0.25) is 0 Å². The summed E-state index contributed by atoms with van der Waals surface area (Å²) in [5.41, 5.74) is 3.00. The first-order valence-corrected chi connectivity index (χ1v) is 7.04. The molecule has 0 radical (unpaired) electrons. The van der Waals surface area contributed by atoms with Crippen LogP contribution in [0.15, 0.2) is 48.7 Å². The van der Waals surface area contributed by atoms with Gasteiger partial charge in [-0.05, 0) is 29.2 Å². The average Bonchev–Trinajstić information content (AvgIpc) is 2.52. The molecule has 1 amide bonds. The number of aromatic nitrogens is 1. The molecule has 0 aliphatic rings. The Morgan fingerprint density at radius 3 is 2.71 bits per heavy atom. The van der Waals surface area contributed by atoms with Crippen LogP contribution in [0.4, 0.5) is 4.79 Å². The predicted octanol–water partition coefficient (Wildman–Crippen LogP) is 3.63. The van der Waals surface area contributed by atoms with Gasteiger partial charge in [0.05, 0.1) is 12.2 Å². The molecule has 4 heteroatoms. The van der Waals surface area contributed by atoms with Gasteiger partial charge in [-0.15, -0.1) is 0 Å². The zero-order valence-electron chi connectivity index (χ0n) is 12.4. The van der Waals surface area contributed by atoms with Gasteiger partial charge in [-0.25, -0.2) is 4.79 Å². The predicted molar refractivity (Wildman–Crippen MR) is 81.8 cm³/mol. The van der Waals surface area contributed by atoms with Crippen LogP contribution in [0.1, 0.15) is 36.6 Å². The van der Waals surface area contributed by atoms with E-state index in [1.807, 2.05) is 42.5 Å². The number of carbonyl (C=O) groups is 1. The topological polar surface area (TPSA) is 51.2 Å². The number of nitrogens with one attached hydrogen (secondary N) is 1. The first-order chi connectivity index (χ1) is 10.1. The second kappa shape index (κ2) is 7.43. The van der Waals surface area contributed by atoms with Crippen molar-refractivity contribution in [1.82, 2.24) is 10.3 Å². The van der Waals surface area contributed by atoms with E-state index in [0.29, 0.717) is 12.5 Å². The third kappa shape index (κ3) is 4.91. The molecule has 110 valence electrons. The highest BCUT2D eigenvalue weighted by Gasteiger charge is 2.05. The molecule has 0 atom stereocenters. The maximum Gasteiger partial charge on any atom is 0.407 e. The molecule has 4 nitrogen and oxygen atoms in total. The monoisotopic (exact) mass is 284 g/mol. The molecule has 2 rings (SSSR count). The van der Waals surface area contributed by atoms with Gasteiger partial charge >= 0.3 is 6.09 Å². The fraction of sp³-hybridized carbons (Fsp3) is 0.294. The van der Waals surface area contributed by atoms with Gasteiger partial charge < -0.3 is 10.1 Å². The second-order valence-corrected chi connectivity index (χ2v) is 5.15. The summed E-state index contributed by atoms with van der Waals surface area (Å²) >= 11 is 0. The Morgan fingerprint density at radius 1 is 1.24 bits per heavy atom. The summed E-state index contributed by atoms with van der Waals surface area (Å²) in [6, 6.07) is 13.6. The van der Waals surface area contributed by atoms with E-state index in [4.69, 9.17) is 4.74 Å². The third-order valence-electron chi connectivity index (χ3n) is 3.13. The molecule has 0 bridgehead atoms. The zero-order chi connectivity index (χ0) is 15.1. The number of carbonyl (C=O) groups excluding carboxylic acids is 1.